The molecule has 1 radical (unpaired) electrons. The summed E-state index contributed by atoms with van der Waals surface area (Å²) in [6.45, 7) is 1.85. The van der Waals surface area contributed by atoms with E-state index < -0.39 is 11.5 Å². The fourth-order valence-corrected chi connectivity index (χ4v) is 6.72. The summed E-state index contributed by atoms with van der Waals surface area (Å²) in [6, 6.07) is 39.9. The number of hydrogen-bond acceptors (Lipinski definition) is 4. The number of rotatable bonds is 6. The van der Waals surface area contributed by atoms with E-state index in [2.05, 4.69) is 36.4 Å². The van der Waals surface area contributed by atoms with Crippen molar-refractivity contribution >= 4 is 6.47 Å². The van der Waals surface area contributed by atoms with Crippen LogP contribution in [0.1, 0.15) is 33.7 Å². The smallest absolute Gasteiger partial charge is 0.417 e. The average molecular weight is 510 g/mol. The van der Waals surface area contributed by atoms with Crippen LogP contribution in [0.4, 0.5) is 0 Å². The molecule has 0 spiro atoms. The van der Waals surface area contributed by atoms with Crippen LogP contribution in [0.5, 0.6) is 17.2 Å². The number of aromatic hydroxyl groups is 1. The Morgan fingerprint density at radius 2 is 1.31 bits per heavy atom. The largest absolute Gasteiger partial charge is 0.508 e. The van der Waals surface area contributed by atoms with Gasteiger partial charge in [0.05, 0.1) is 5.41 Å². The van der Waals surface area contributed by atoms with Gasteiger partial charge in [-0.1, -0.05) is 97.1 Å². The predicted molar refractivity (Wildman–Crippen MR) is 150 cm³/mol. The summed E-state index contributed by atoms with van der Waals surface area (Å²) in [4.78, 5) is 12.3. The van der Waals surface area contributed by atoms with Crippen LogP contribution in [0.3, 0.4) is 0 Å². The first-order valence-corrected chi connectivity index (χ1v) is 13.1. The quantitative estimate of drug-likeness (QED) is 0.261. The lowest BCUT2D eigenvalue weighted by molar-refractivity contribution is 0.0881. The molecule has 7 rings (SSSR count). The second kappa shape index (κ2) is 9.17. The highest BCUT2D eigenvalue weighted by molar-refractivity contribution is 5.80. The highest BCUT2D eigenvalue weighted by atomic mass is 16.5. The summed E-state index contributed by atoms with van der Waals surface area (Å²) >= 11 is 0. The van der Waals surface area contributed by atoms with Gasteiger partial charge in [0.15, 0.2) is 0 Å². The van der Waals surface area contributed by atoms with Crippen LogP contribution >= 0.6 is 0 Å². The van der Waals surface area contributed by atoms with E-state index in [-0.39, 0.29) is 11.7 Å². The highest BCUT2D eigenvalue weighted by Crippen LogP contribution is 2.58. The van der Waals surface area contributed by atoms with Crippen molar-refractivity contribution in [1.29, 1.82) is 0 Å². The summed E-state index contributed by atoms with van der Waals surface area (Å²) in [5.41, 5.74) is 6.40. The first-order valence-electron chi connectivity index (χ1n) is 13.1. The van der Waals surface area contributed by atoms with Gasteiger partial charge in [0, 0.05) is 17.0 Å². The van der Waals surface area contributed by atoms with E-state index in [1.54, 1.807) is 12.1 Å². The predicted octanol–water partition coefficient (Wildman–Crippen LogP) is 7.29. The molecule has 2 aliphatic rings. The molecule has 1 N–H and O–H groups in total. The van der Waals surface area contributed by atoms with Crippen molar-refractivity contribution in [1.82, 2.24) is 0 Å². The molecule has 1 aliphatic heterocycles. The number of fused-ring (bicyclic) bond motifs is 5. The molecule has 5 aromatic carbocycles. The van der Waals surface area contributed by atoms with E-state index in [0.717, 1.165) is 50.4 Å². The maximum atomic E-state index is 12.3. The molecular weight excluding hydrogens is 484 g/mol. The first kappa shape index (κ1) is 23.3. The summed E-state index contributed by atoms with van der Waals surface area (Å²) < 4.78 is 12.6. The van der Waals surface area contributed by atoms with E-state index in [1.807, 2.05) is 79.3 Å². The van der Waals surface area contributed by atoms with E-state index in [9.17, 15) is 9.90 Å². The number of para-hydroxylation sites is 2. The third kappa shape index (κ3) is 3.56. The van der Waals surface area contributed by atoms with Gasteiger partial charge in [0.2, 0.25) is 0 Å². The molecule has 1 aliphatic carbocycles. The SMILES string of the molecule is O=[C]OC(C1c2ccccc2-c2ccccc21)C1(Cc2cccc(O)c2)c2ccccc2Oc2ccccc21. The van der Waals surface area contributed by atoms with E-state index in [4.69, 9.17) is 9.47 Å². The van der Waals surface area contributed by atoms with Gasteiger partial charge in [0.25, 0.3) is 0 Å². The van der Waals surface area contributed by atoms with Crippen molar-refractivity contribution in [3.8, 4) is 28.4 Å². The minimum Gasteiger partial charge on any atom is -0.508 e. The Morgan fingerprint density at radius 1 is 0.744 bits per heavy atom. The minimum absolute atomic E-state index is 0.187. The molecule has 1 unspecified atom stereocenters. The van der Waals surface area contributed by atoms with Crippen LogP contribution in [0.25, 0.3) is 11.1 Å². The molecule has 39 heavy (non-hydrogen) atoms. The normalized spacial score (nSPS) is 15.2. The number of phenols is 1. The molecule has 0 aromatic heterocycles. The average Bonchev–Trinajstić information content (AvgIpc) is 3.30. The van der Waals surface area contributed by atoms with Gasteiger partial charge in [-0.2, -0.15) is 0 Å². The second-order valence-electron chi connectivity index (χ2n) is 10.2. The highest BCUT2D eigenvalue weighted by Gasteiger charge is 2.54. The van der Waals surface area contributed by atoms with Gasteiger partial charge in [-0.25, -0.2) is 4.79 Å². The zero-order valence-electron chi connectivity index (χ0n) is 21.1. The Balaban J connectivity index is 1.56. The first-order chi connectivity index (χ1) is 19.2. The van der Waals surface area contributed by atoms with Crippen LogP contribution in [0.15, 0.2) is 121 Å². The fourth-order valence-electron chi connectivity index (χ4n) is 6.72. The molecule has 0 saturated heterocycles. The number of benzene rings is 5. The zero-order chi connectivity index (χ0) is 26.4. The van der Waals surface area contributed by atoms with Gasteiger partial charge in [-0.05, 0) is 58.5 Å². The van der Waals surface area contributed by atoms with Crippen molar-refractivity contribution < 1.29 is 19.4 Å². The Hall–Kier alpha value is -4.83. The molecule has 1 atom stereocenters. The zero-order valence-corrected chi connectivity index (χ0v) is 21.1. The van der Waals surface area contributed by atoms with E-state index in [1.165, 1.54) is 0 Å². The molecule has 189 valence electrons. The monoisotopic (exact) mass is 509 g/mol. The molecule has 5 aromatic rings. The number of hydrogen-bond donors (Lipinski definition) is 1. The summed E-state index contributed by atoms with van der Waals surface area (Å²) in [5.74, 6) is 1.37. The summed E-state index contributed by atoms with van der Waals surface area (Å²) in [5, 5.41) is 10.4. The summed E-state index contributed by atoms with van der Waals surface area (Å²) in [7, 11) is 0. The lowest BCUT2D eigenvalue weighted by atomic mass is 9.61. The van der Waals surface area contributed by atoms with Gasteiger partial charge >= 0.3 is 6.47 Å². The fraction of sp³-hybridized carbons (Fsp3) is 0.114. The number of carbonyl (C=O) groups excluding carboxylic acids is 1. The van der Waals surface area contributed by atoms with E-state index >= 15 is 0 Å². The van der Waals surface area contributed by atoms with Crippen LogP contribution in [0, 0.1) is 0 Å². The van der Waals surface area contributed by atoms with Crippen molar-refractivity contribution in [2.75, 3.05) is 0 Å². The molecule has 0 fully saturated rings. The lowest BCUT2D eigenvalue weighted by Gasteiger charge is -2.46. The Labute approximate surface area is 227 Å². The van der Waals surface area contributed by atoms with Crippen LogP contribution < -0.4 is 4.74 Å². The van der Waals surface area contributed by atoms with E-state index in [0.29, 0.717) is 6.42 Å². The maximum Gasteiger partial charge on any atom is 0.417 e. The molecule has 0 saturated carbocycles. The Morgan fingerprint density at radius 3 is 1.90 bits per heavy atom. The molecule has 0 bridgehead atoms. The molecule has 0 amide bonds. The van der Waals surface area contributed by atoms with Crippen molar-refractivity contribution in [2.24, 2.45) is 0 Å². The van der Waals surface area contributed by atoms with Crippen LogP contribution in [-0.4, -0.2) is 17.7 Å². The van der Waals surface area contributed by atoms with Crippen molar-refractivity contribution in [2.45, 2.75) is 23.9 Å². The van der Waals surface area contributed by atoms with Crippen molar-refractivity contribution in [3.63, 3.8) is 0 Å². The lowest BCUT2D eigenvalue weighted by Crippen LogP contribution is -2.49. The third-order valence-electron chi connectivity index (χ3n) is 8.19. The summed E-state index contributed by atoms with van der Waals surface area (Å²) in [6.07, 6.45) is -0.209. The minimum atomic E-state index is -0.855. The standard InChI is InChI=1S/C35H25O4/c36-22-38-34(33-27-14-3-1-12-25(27)26-13-2-4-15-28(26)33)35(21-23-10-9-11-24(37)20-23)29-16-5-7-18-31(29)39-32-19-8-6-17-30(32)35/h1-20,33-34,37H,21H2. The number of phenolic OH excluding ortho intramolecular Hbond substituents is 1. The van der Waals surface area contributed by atoms with Gasteiger partial charge in [-0.15, -0.1) is 0 Å². The molecule has 1 heterocycles. The second-order valence-corrected chi connectivity index (χ2v) is 10.2. The molecule has 4 heteroatoms. The maximum absolute atomic E-state index is 12.3. The molecule has 4 nitrogen and oxygen atoms in total. The third-order valence-corrected chi connectivity index (χ3v) is 8.19. The van der Waals surface area contributed by atoms with Gasteiger partial charge in [0.1, 0.15) is 23.4 Å². The number of ether oxygens (including phenoxy) is 2. The van der Waals surface area contributed by atoms with Gasteiger partial charge < -0.3 is 14.6 Å². The van der Waals surface area contributed by atoms with Crippen LogP contribution in [-0.2, 0) is 21.4 Å². The molecular formula is C35H25O4. The van der Waals surface area contributed by atoms with Crippen molar-refractivity contribution in [3.05, 3.63) is 149 Å². The Bertz CT molecular complexity index is 1610. The topological polar surface area (TPSA) is 55.8 Å². The van der Waals surface area contributed by atoms with Gasteiger partial charge in [-0.3, -0.25) is 0 Å². The van der Waals surface area contributed by atoms with Crippen LogP contribution in [0.2, 0.25) is 0 Å². The Kier molecular flexibility index (Phi) is 5.48.